The molecule has 0 bridgehead atoms. The van der Waals surface area contributed by atoms with Gasteiger partial charge in [0.05, 0.1) is 6.04 Å². The summed E-state index contributed by atoms with van der Waals surface area (Å²) in [6, 6.07) is 20.0. The molecular weight excluding hydrogens is 248 g/mol. The topological polar surface area (TPSA) is 36.9 Å². The molecule has 0 aromatic heterocycles. The highest BCUT2D eigenvalue weighted by atomic mass is 16.2. The predicted molar refractivity (Wildman–Crippen MR) is 82.0 cm³/mol. The summed E-state index contributed by atoms with van der Waals surface area (Å²) < 4.78 is 0. The summed E-state index contributed by atoms with van der Waals surface area (Å²) in [5, 5.41) is 2.04. The van der Waals surface area contributed by atoms with Crippen LogP contribution in [0.25, 0.3) is 0 Å². The highest BCUT2D eigenvalue weighted by Gasteiger charge is 2.19. The summed E-state index contributed by atoms with van der Waals surface area (Å²) in [5.41, 5.74) is 1.81. The molecule has 20 heavy (non-hydrogen) atoms. The Labute approximate surface area is 120 Å². The minimum absolute atomic E-state index is 0.0936. The second kappa shape index (κ2) is 6.87. The average molecular weight is 269 g/mol. The molecule has 0 fully saturated rings. The number of hydrogen-bond donors (Lipinski definition) is 1. The molecule has 3 heteroatoms. The SMILES string of the molecule is CC(C)[NH2+]CC(=O)N(c1ccccc1)c1ccccc1. The number of nitrogens with two attached hydrogens (primary N) is 1. The summed E-state index contributed by atoms with van der Waals surface area (Å²) in [6.45, 7) is 4.62. The molecule has 0 radical (unpaired) electrons. The Hall–Kier alpha value is -2.13. The molecule has 0 aliphatic carbocycles. The van der Waals surface area contributed by atoms with Gasteiger partial charge in [0, 0.05) is 11.4 Å². The van der Waals surface area contributed by atoms with Crippen molar-refractivity contribution in [3.63, 3.8) is 0 Å². The van der Waals surface area contributed by atoms with Crippen molar-refractivity contribution in [3.05, 3.63) is 60.7 Å². The van der Waals surface area contributed by atoms with Gasteiger partial charge in [-0.25, -0.2) is 0 Å². The number of nitrogens with zero attached hydrogens (tertiary/aromatic N) is 1. The van der Waals surface area contributed by atoms with Gasteiger partial charge >= 0.3 is 0 Å². The Bertz CT molecular complexity index is 498. The molecule has 0 spiro atoms. The summed E-state index contributed by atoms with van der Waals surface area (Å²) in [6.07, 6.45) is 0. The van der Waals surface area contributed by atoms with E-state index in [1.54, 1.807) is 4.90 Å². The smallest absolute Gasteiger partial charge is 0.286 e. The first kappa shape index (κ1) is 14.3. The molecule has 104 valence electrons. The van der Waals surface area contributed by atoms with Gasteiger partial charge in [-0.1, -0.05) is 36.4 Å². The predicted octanol–water partition coefficient (Wildman–Crippen LogP) is 2.32. The second-order valence-corrected chi connectivity index (χ2v) is 5.08. The van der Waals surface area contributed by atoms with E-state index in [2.05, 4.69) is 13.8 Å². The first-order valence-electron chi connectivity index (χ1n) is 6.95. The van der Waals surface area contributed by atoms with Crippen LogP contribution in [0.5, 0.6) is 0 Å². The van der Waals surface area contributed by atoms with E-state index in [1.165, 1.54) is 0 Å². The minimum atomic E-state index is 0.0936. The number of benzene rings is 2. The molecule has 1 amide bonds. The van der Waals surface area contributed by atoms with E-state index in [1.807, 2.05) is 66.0 Å². The molecule has 0 heterocycles. The fraction of sp³-hybridized carbons (Fsp3) is 0.235. The lowest BCUT2D eigenvalue weighted by molar-refractivity contribution is -0.672. The van der Waals surface area contributed by atoms with Crippen LogP contribution in [0.1, 0.15) is 13.8 Å². The number of carbonyl (C=O) groups excluding carboxylic acids is 1. The molecule has 3 nitrogen and oxygen atoms in total. The lowest BCUT2D eigenvalue weighted by atomic mass is 10.2. The number of carbonyl (C=O) groups is 1. The molecule has 0 saturated carbocycles. The molecule has 0 aliphatic heterocycles. The van der Waals surface area contributed by atoms with Crippen LogP contribution in [0, 0.1) is 0 Å². The van der Waals surface area contributed by atoms with E-state index < -0.39 is 0 Å². The van der Waals surface area contributed by atoms with Gasteiger partial charge in [-0.3, -0.25) is 9.69 Å². The standard InChI is InChI=1S/C17H20N2O/c1-14(2)18-13-17(20)19(15-9-5-3-6-10-15)16-11-7-4-8-12-16/h3-12,14,18H,13H2,1-2H3/p+1. The maximum atomic E-state index is 12.5. The van der Waals surface area contributed by atoms with E-state index in [9.17, 15) is 4.79 Å². The third-order valence-corrected chi connectivity index (χ3v) is 3.04. The Balaban J connectivity index is 2.28. The van der Waals surface area contributed by atoms with Crippen molar-refractivity contribution in [3.8, 4) is 0 Å². The monoisotopic (exact) mass is 269 g/mol. The number of para-hydroxylation sites is 2. The van der Waals surface area contributed by atoms with Crippen molar-refractivity contribution in [2.45, 2.75) is 19.9 Å². The van der Waals surface area contributed by atoms with Crippen molar-refractivity contribution >= 4 is 17.3 Å². The number of rotatable bonds is 5. The van der Waals surface area contributed by atoms with E-state index in [0.29, 0.717) is 12.6 Å². The van der Waals surface area contributed by atoms with Crippen LogP contribution in [-0.4, -0.2) is 18.5 Å². The number of hydrogen-bond acceptors (Lipinski definition) is 1. The van der Waals surface area contributed by atoms with Gasteiger partial charge in [0.25, 0.3) is 5.91 Å². The summed E-state index contributed by atoms with van der Waals surface area (Å²) in [5.74, 6) is 0.0936. The fourth-order valence-electron chi connectivity index (χ4n) is 2.02. The highest BCUT2D eigenvalue weighted by molar-refractivity contribution is 6.00. The van der Waals surface area contributed by atoms with Crippen molar-refractivity contribution in [1.29, 1.82) is 0 Å². The van der Waals surface area contributed by atoms with Crippen molar-refractivity contribution in [2.75, 3.05) is 11.4 Å². The van der Waals surface area contributed by atoms with Crippen molar-refractivity contribution in [2.24, 2.45) is 0 Å². The highest BCUT2D eigenvalue weighted by Crippen LogP contribution is 2.24. The zero-order chi connectivity index (χ0) is 14.4. The van der Waals surface area contributed by atoms with E-state index in [-0.39, 0.29) is 5.91 Å². The van der Waals surface area contributed by atoms with E-state index >= 15 is 0 Å². The zero-order valence-electron chi connectivity index (χ0n) is 12.0. The van der Waals surface area contributed by atoms with Crippen LogP contribution in [0.3, 0.4) is 0 Å². The first-order chi connectivity index (χ1) is 9.68. The van der Waals surface area contributed by atoms with E-state index in [4.69, 9.17) is 0 Å². The van der Waals surface area contributed by atoms with Crippen LogP contribution < -0.4 is 10.2 Å². The van der Waals surface area contributed by atoms with Gasteiger partial charge in [0.15, 0.2) is 6.54 Å². The van der Waals surface area contributed by atoms with Crippen molar-refractivity contribution < 1.29 is 10.1 Å². The molecule has 2 aromatic carbocycles. The van der Waals surface area contributed by atoms with E-state index in [0.717, 1.165) is 11.4 Å². The lowest BCUT2D eigenvalue weighted by Gasteiger charge is -2.22. The lowest BCUT2D eigenvalue weighted by Crippen LogP contribution is -2.90. The number of anilines is 2. The first-order valence-corrected chi connectivity index (χ1v) is 6.95. The number of quaternary nitrogens is 1. The molecule has 0 unspecified atom stereocenters. The molecule has 0 saturated heterocycles. The third-order valence-electron chi connectivity index (χ3n) is 3.04. The fourth-order valence-corrected chi connectivity index (χ4v) is 2.02. The summed E-state index contributed by atoms with van der Waals surface area (Å²) in [7, 11) is 0. The maximum absolute atomic E-state index is 12.5. The van der Waals surface area contributed by atoms with Crippen LogP contribution >= 0.6 is 0 Å². The molecule has 0 atom stereocenters. The zero-order valence-corrected chi connectivity index (χ0v) is 12.0. The molecule has 0 aliphatic rings. The Morgan fingerprint density at radius 3 is 1.80 bits per heavy atom. The third kappa shape index (κ3) is 3.68. The van der Waals surface area contributed by atoms with Gasteiger partial charge in [-0.15, -0.1) is 0 Å². The van der Waals surface area contributed by atoms with Gasteiger partial charge in [0.2, 0.25) is 0 Å². The van der Waals surface area contributed by atoms with Crippen LogP contribution in [-0.2, 0) is 4.79 Å². The molecular formula is C17H21N2O+. The summed E-state index contributed by atoms with van der Waals surface area (Å²) >= 11 is 0. The average Bonchev–Trinajstić information content (AvgIpc) is 2.48. The Morgan fingerprint density at radius 2 is 1.40 bits per heavy atom. The molecule has 2 rings (SSSR count). The maximum Gasteiger partial charge on any atom is 0.286 e. The summed E-state index contributed by atoms with van der Waals surface area (Å²) in [4.78, 5) is 14.3. The van der Waals surface area contributed by atoms with Crippen LogP contribution in [0.4, 0.5) is 11.4 Å². The van der Waals surface area contributed by atoms with Crippen LogP contribution in [0.2, 0.25) is 0 Å². The van der Waals surface area contributed by atoms with Gasteiger partial charge in [0.1, 0.15) is 0 Å². The van der Waals surface area contributed by atoms with Gasteiger partial charge < -0.3 is 5.32 Å². The molecule has 2 aromatic rings. The van der Waals surface area contributed by atoms with Gasteiger partial charge in [-0.2, -0.15) is 0 Å². The van der Waals surface area contributed by atoms with Crippen molar-refractivity contribution in [1.82, 2.24) is 0 Å². The quantitative estimate of drug-likeness (QED) is 0.888. The van der Waals surface area contributed by atoms with Gasteiger partial charge in [-0.05, 0) is 38.1 Å². The minimum Gasteiger partial charge on any atom is -0.336 e. The number of amides is 1. The molecule has 2 N–H and O–H groups in total. The largest absolute Gasteiger partial charge is 0.336 e. The Kier molecular flexibility index (Phi) is 4.91. The Morgan fingerprint density at radius 1 is 0.950 bits per heavy atom. The normalized spacial score (nSPS) is 10.6. The van der Waals surface area contributed by atoms with Crippen LogP contribution in [0.15, 0.2) is 60.7 Å². The second-order valence-electron chi connectivity index (χ2n) is 5.08.